The van der Waals surface area contributed by atoms with Gasteiger partial charge in [0.2, 0.25) is 11.8 Å². The molecule has 10 rings (SSSR count). The lowest BCUT2D eigenvalue weighted by atomic mass is 9.90. The van der Waals surface area contributed by atoms with Gasteiger partial charge in [-0.25, -0.2) is 13.6 Å². The summed E-state index contributed by atoms with van der Waals surface area (Å²) in [5.74, 6) is -0.103. The minimum atomic E-state index is -2.69. The molecule has 0 bridgehead atoms. The van der Waals surface area contributed by atoms with E-state index in [1.165, 1.54) is 0 Å². The van der Waals surface area contributed by atoms with Crippen LogP contribution in [0, 0.1) is 0 Å². The van der Waals surface area contributed by atoms with Gasteiger partial charge in [-0.3, -0.25) is 29.4 Å². The molecule has 2 N–H and O–H groups in total. The van der Waals surface area contributed by atoms with Gasteiger partial charge in [0.1, 0.15) is 6.04 Å². The zero-order valence-electron chi connectivity index (χ0n) is 33.7. The minimum Gasteiger partial charge on any atom is -0.371 e. The Morgan fingerprint density at radius 3 is 2.53 bits per heavy atom. The number of amides is 5. The predicted molar refractivity (Wildman–Crippen MR) is 220 cm³/mol. The number of piperidine rings is 2. The third kappa shape index (κ3) is 6.31. The summed E-state index contributed by atoms with van der Waals surface area (Å²) in [6, 6.07) is 10.7. The molecule has 2 atom stereocenters. The van der Waals surface area contributed by atoms with Gasteiger partial charge < -0.3 is 24.9 Å². The summed E-state index contributed by atoms with van der Waals surface area (Å²) in [6.45, 7) is 5.43. The van der Waals surface area contributed by atoms with Crippen LogP contribution in [0.1, 0.15) is 112 Å². The maximum atomic E-state index is 15.1. The molecule has 2 aromatic carbocycles. The first-order valence-corrected chi connectivity index (χ1v) is 21.1. The number of aromatic nitrogens is 3. The van der Waals surface area contributed by atoms with Gasteiger partial charge in [0, 0.05) is 110 Å². The average Bonchev–Trinajstić information content (AvgIpc) is 3.92. The number of alkyl halides is 2. The van der Waals surface area contributed by atoms with Crippen molar-refractivity contribution in [2.24, 2.45) is 0 Å². The molecular formula is C45H47F2N9O4. The molecule has 13 nitrogen and oxygen atoms in total. The molecule has 2 fully saturated rings. The molecule has 5 aliphatic heterocycles. The van der Waals surface area contributed by atoms with Crippen molar-refractivity contribution in [3.05, 3.63) is 105 Å². The van der Waals surface area contributed by atoms with Crippen molar-refractivity contribution < 1.29 is 28.0 Å². The molecule has 6 aliphatic rings. The Kier molecular flexibility index (Phi) is 9.43. The highest BCUT2D eigenvalue weighted by Gasteiger charge is 2.40. The van der Waals surface area contributed by atoms with Crippen LogP contribution in [0.15, 0.2) is 54.9 Å². The van der Waals surface area contributed by atoms with Crippen molar-refractivity contribution >= 4 is 46.5 Å². The number of hydrogen-bond acceptors (Lipinski definition) is 8. The van der Waals surface area contributed by atoms with Crippen LogP contribution in [0.25, 0.3) is 5.57 Å². The lowest BCUT2D eigenvalue weighted by Crippen LogP contribution is -2.52. The third-order valence-corrected chi connectivity index (χ3v) is 13.5. The van der Waals surface area contributed by atoms with Gasteiger partial charge in [0.15, 0.2) is 5.82 Å². The number of imide groups is 1. The van der Waals surface area contributed by atoms with Crippen LogP contribution in [0.5, 0.6) is 0 Å². The number of pyridine rings is 1. The van der Waals surface area contributed by atoms with E-state index in [1.807, 2.05) is 30.3 Å². The molecule has 2 saturated heterocycles. The Bertz CT molecular complexity index is 2490. The number of anilines is 3. The largest absolute Gasteiger partial charge is 0.371 e. The van der Waals surface area contributed by atoms with Gasteiger partial charge in [-0.05, 0) is 96.3 Å². The van der Waals surface area contributed by atoms with Gasteiger partial charge in [-0.15, -0.1) is 0 Å². The Morgan fingerprint density at radius 1 is 0.917 bits per heavy atom. The van der Waals surface area contributed by atoms with Crippen LogP contribution in [0.4, 0.5) is 30.8 Å². The summed E-state index contributed by atoms with van der Waals surface area (Å²) in [5.41, 5.74) is 9.58. The SMILES string of the molecule is CNC(=O)N1CCc2c(c(N3CCCc4cc(C5=CC(C)c6ccncc65)c(C(F)F)cc43)nn2C2CCN(c3ccc4c(c3)CN(C3CCC(=O)NC3=O)C4=O)CC2)C1. The first-order valence-electron chi connectivity index (χ1n) is 21.1. The molecule has 1 aliphatic carbocycles. The quantitative estimate of drug-likeness (QED) is 0.222. The van der Waals surface area contributed by atoms with Crippen LogP contribution in [-0.2, 0) is 35.5 Å². The molecule has 7 heterocycles. The lowest BCUT2D eigenvalue weighted by molar-refractivity contribution is -0.136. The van der Waals surface area contributed by atoms with Gasteiger partial charge in [-0.2, -0.15) is 5.10 Å². The number of nitrogens with zero attached hydrogens (tertiary/aromatic N) is 7. The topological polar surface area (TPSA) is 136 Å². The molecule has 15 heteroatoms. The van der Waals surface area contributed by atoms with E-state index in [2.05, 4.69) is 43.1 Å². The number of rotatable bonds is 6. The van der Waals surface area contributed by atoms with Crippen molar-refractivity contribution in [1.82, 2.24) is 35.2 Å². The molecule has 0 radical (unpaired) electrons. The maximum absolute atomic E-state index is 15.1. The Hall–Kier alpha value is -6.12. The average molecular weight is 816 g/mol. The first-order chi connectivity index (χ1) is 29.1. The van der Waals surface area contributed by atoms with E-state index in [0.29, 0.717) is 50.1 Å². The van der Waals surface area contributed by atoms with Crippen molar-refractivity contribution in [1.29, 1.82) is 0 Å². The van der Waals surface area contributed by atoms with E-state index < -0.39 is 18.4 Å². The van der Waals surface area contributed by atoms with Gasteiger partial charge >= 0.3 is 6.03 Å². The molecule has 0 saturated carbocycles. The summed E-state index contributed by atoms with van der Waals surface area (Å²) in [4.78, 5) is 62.7. The number of allylic oxidation sites excluding steroid dienone is 1. The monoisotopic (exact) mass is 815 g/mol. The molecule has 5 amide bonds. The standard InChI is InChI=1S/C45H47F2N9O4/c1-25-18-32(35-22-49-13-9-30(25)35)33-20-26-4-3-14-54(39(26)21-34(33)41(46)47)42-36-24-53(45(60)48-2)17-12-37(36)56(51-42)28-10-15-52(16-11-28)29-5-6-31-27(19-29)23-55(44(31)59)38-7-8-40(57)50-43(38)58/h5-6,9,13,18-22,25,28,38,41H,3-4,7-8,10-12,14-17,23-24H2,1-2H3,(H,48,60)(H,50,57,58). The summed E-state index contributed by atoms with van der Waals surface area (Å²) >= 11 is 0. The predicted octanol–water partition coefficient (Wildman–Crippen LogP) is 6.15. The number of halogens is 2. The van der Waals surface area contributed by atoms with Crippen LogP contribution >= 0.6 is 0 Å². The van der Waals surface area contributed by atoms with Crippen molar-refractivity contribution in [2.45, 2.75) is 89.4 Å². The molecule has 0 spiro atoms. The summed E-state index contributed by atoms with van der Waals surface area (Å²) in [6.07, 6.45) is 7.26. The van der Waals surface area contributed by atoms with Crippen molar-refractivity contribution in [3.8, 4) is 0 Å². The van der Waals surface area contributed by atoms with Crippen LogP contribution < -0.4 is 20.4 Å². The number of benzene rings is 2. The van der Waals surface area contributed by atoms with Crippen LogP contribution in [0.2, 0.25) is 0 Å². The molecule has 60 heavy (non-hydrogen) atoms. The van der Waals surface area contributed by atoms with Crippen molar-refractivity contribution in [2.75, 3.05) is 43.0 Å². The lowest BCUT2D eigenvalue weighted by Gasteiger charge is -2.35. The molecule has 4 aromatic rings. The second-order valence-corrected chi connectivity index (χ2v) is 16.8. The number of carbonyl (C=O) groups excluding carboxylic acids is 4. The summed E-state index contributed by atoms with van der Waals surface area (Å²) in [5, 5.41) is 10.5. The van der Waals surface area contributed by atoms with Gasteiger partial charge in [-0.1, -0.05) is 13.0 Å². The van der Waals surface area contributed by atoms with Gasteiger partial charge in [0.25, 0.3) is 12.3 Å². The number of carbonyl (C=O) groups is 4. The Morgan fingerprint density at radius 2 is 1.75 bits per heavy atom. The molecular weight excluding hydrogens is 769 g/mol. The van der Waals surface area contributed by atoms with E-state index >= 15 is 8.78 Å². The fourth-order valence-corrected chi connectivity index (χ4v) is 10.4. The third-order valence-electron chi connectivity index (χ3n) is 13.5. The summed E-state index contributed by atoms with van der Waals surface area (Å²) in [7, 11) is 1.63. The van der Waals surface area contributed by atoms with Gasteiger partial charge in [0.05, 0.1) is 12.6 Å². The van der Waals surface area contributed by atoms with E-state index in [4.69, 9.17) is 5.10 Å². The highest BCUT2D eigenvalue weighted by molar-refractivity contribution is 6.05. The fourth-order valence-electron chi connectivity index (χ4n) is 10.4. The van der Waals surface area contributed by atoms with E-state index in [0.717, 1.165) is 95.0 Å². The highest BCUT2D eigenvalue weighted by atomic mass is 19.3. The zero-order chi connectivity index (χ0) is 41.4. The second kappa shape index (κ2) is 14.9. The number of fused-ring (bicyclic) bond motifs is 4. The van der Waals surface area contributed by atoms with Crippen LogP contribution in [-0.4, -0.2) is 87.6 Å². The molecule has 310 valence electrons. The first kappa shape index (κ1) is 38.1. The highest BCUT2D eigenvalue weighted by Crippen LogP contribution is 2.46. The number of aryl methyl sites for hydroxylation is 1. The fraction of sp³-hybridized carbons (Fsp3) is 0.422. The van der Waals surface area contributed by atoms with E-state index in [-0.39, 0.29) is 41.8 Å². The normalized spacial score (nSPS) is 21.5. The second-order valence-electron chi connectivity index (χ2n) is 16.8. The van der Waals surface area contributed by atoms with Crippen LogP contribution in [0.3, 0.4) is 0 Å². The molecule has 2 aromatic heterocycles. The van der Waals surface area contributed by atoms with E-state index in [1.54, 1.807) is 35.3 Å². The number of hydrogen-bond donors (Lipinski definition) is 2. The molecule has 2 unspecified atom stereocenters. The van der Waals surface area contributed by atoms with E-state index in [9.17, 15) is 19.2 Å². The Balaban J connectivity index is 0.934. The maximum Gasteiger partial charge on any atom is 0.317 e. The minimum absolute atomic E-state index is 0.0111. The number of urea groups is 1. The number of nitrogens with one attached hydrogen (secondary N) is 2. The summed E-state index contributed by atoms with van der Waals surface area (Å²) < 4.78 is 32.4. The smallest absolute Gasteiger partial charge is 0.317 e. The zero-order valence-corrected chi connectivity index (χ0v) is 33.7. The Labute approximate surface area is 346 Å². The van der Waals surface area contributed by atoms with Crippen molar-refractivity contribution in [3.63, 3.8) is 0 Å².